The highest BCUT2D eigenvalue weighted by Gasteiger charge is 2.14. The van der Waals surface area contributed by atoms with Crippen LogP contribution in [0.15, 0.2) is 55.0 Å². The van der Waals surface area contributed by atoms with E-state index in [0.29, 0.717) is 16.9 Å². The first-order chi connectivity index (χ1) is 12.0. The van der Waals surface area contributed by atoms with Crippen LogP contribution in [0.1, 0.15) is 5.56 Å². The second-order valence-corrected chi connectivity index (χ2v) is 6.57. The van der Waals surface area contributed by atoms with Crippen LogP contribution in [-0.2, 0) is 0 Å². The Labute approximate surface area is 153 Å². The fraction of sp³-hybridized carbons (Fsp3) is 0.0526. The SMILES string of the molecule is Cc1ccc(-c2cn3ccnc(-c4cc(Cl)c(F)c(Cl)c4)c3n2)cc1. The third kappa shape index (κ3) is 2.88. The number of hydrogen-bond acceptors (Lipinski definition) is 2. The van der Waals surface area contributed by atoms with E-state index in [4.69, 9.17) is 28.2 Å². The van der Waals surface area contributed by atoms with Gasteiger partial charge in [0.15, 0.2) is 11.5 Å². The summed E-state index contributed by atoms with van der Waals surface area (Å²) in [5.74, 6) is -0.636. The van der Waals surface area contributed by atoms with Gasteiger partial charge in [0.2, 0.25) is 0 Å². The summed E-state index contributed by atoms with van der Waals surface area (Å²) < 4.78 is 15.6. The van der Waals surface area contributed by atoms with E-state index in [1.807, 2.05) is 48.0 Å². The Morgan fingerprint density at radius 2 is 1.68 bits per heavy atom. The van der Waals surface area contributed by atoms with Crippen LogP contribution in [0.25, 0.3) is 28.2 Å². The van der Waals surface area contributed by atoms with Crippen LogP contribution in [0.4, 0.5) is 4.39 Å². The van der Waals surface area contributed by atoms with Crippen LogP contribution in [0.3, 0.4) is 0 Å². The molecule has 0 amide bonds. The third-order valence-corrected chi connectivity index (χ3v) is 4.53. The maximum absolute atomic E-state index is 13.7. The lowest BCUT2D eigenvalue weighted by Crippen LogP contribution is -1.92. The van der Waals surface area contributed by atoms with Gasteiger partial charge in [-0.3, -0.25) is 4.98 Å². The summed E-state index contributed by atoms with van der Waals surface area (Å²) in [5.41, 5.74) is 4.87. The number of hydrogen-bond donors (Lipinski definition) is 0. The number of rotatable bonds is 2. The highest BCUT2D eigenvalue weighted by atomic mass is 35.5. The zero-order valence-electron chi connectivity index (χ0n) is 13.2. The molecule has 6 heteroatoms. The molecule has 0 spiro atoms. The Hall–Kier alpha value is -2.43. The average molecular weight is 372 g/mol. The lowest BCUT2D eigenvalue weighted by Gasteiger charge is -2.05. The fourth-order valence-electron chi connectivity index (χ4n) is 2.68. The zero-order valence-corrected chi connectivity index (χ0v) is 14.7. The van der Waals surface area contributed by atoms with Gasteiger partial charge in [0, 0.05) is 29.7 Å². The van der Waals surface area contributed by atoms with Crippen LogP contribution >= 0.6 is 23.2 Å². The van der Waals surface area contributed by atoms with Crippen molar-refractivity contribution >= 4 is 28.8 Å². The van der Waals surface area contributed by atoms with Crippen molar-refractivity contribution in [2.75, 3.05) is 0 Å². The first-order valence-electron chi connectivity index (χ1n) is 7.58. The second-order valence-electron chi connectivity index (χ2n) is 5.75. The Morgan fingerprint density at radius 1 is 1.00 bits per heavy atom. The quantitative estimate of drug-likeness (QED) is 0.415. The highest BCUT2D eigenvalue weighted by Crippen LogP contribution is 2.32. The first kappa shape index (κ1) is 16.1. The topological polar surface area (TPSA) is 30.2 Å². The Balaban J connectivity index is 1.90. The standard InChI is InChI=1S/C19H12Cl2FN3/c1-11-2-4-12(5-3-11)16-10-25-7-6-23-18(19(25)24-16)13-8-14(20)17(22)15(21)9-13/h2-10H,1H3. The van der Waals surface area contributed by atoms with E-state index < -0.39 is 5.82 Å². The molecule has 2 aromatic carbocycles. The molecule has 0 aliphatic rings. The number of halogens is 3. The minimum atomic E-state index is -0.636. The smallest absolute Gasteiger partial charge is 0.164 e. The molecule has 0 N–H and O–H groups in total. The molecule has 0 radical (unpaired) electrons. The summed E-state index contributed by atoms with van der Waals surface area (Å²) in [4.78, 5) is 9.08. The molecule has 2 aromatic heterocycles. The fourth-order valence-corrected chi connectivity index (χ4v) is 3.17. The molecule has 0 aliphatic carbocycles. The number of imidazole rings is 1. The van der Waals surface area contributed by atoms with Crippen molar-refractivity contribution in [3.63, 3.8) is 0 Å². The molecule has 2 heterocycles. The van der Waals surface area contributed by atoms with Crippen LogP contribution in [0.5, 0.6) is 0 Å². The molecule has 124 valence electrons. The van der Waals surface area contributed by atoms with Gasteiger partial charge >= 0.3 is 0 Å². The molecule has 25 heavy (non-hydrogen) atoms. The van der Waals surface area contributed by atoms with Crippen LogP contribution < -0.4 is 0 Å². The van der Waals surface area contributed by atoms with E-state index in [1.165, 1.54) is 17.7 Å². The molecule has 0 bridgehead atoms. The Bertz CT molecular complexity index is 1060. The van der Waals surface area contributed by atoms with E-state index in [9.17, 15) is 4.39 Å². The predicted molar refractivity (Wildman–Crippen MR) is 98.6 cm³/mol. The van der Waals surface area contributed by atoms with E-state index in [2.05, 4.69) is 4.98 Å². The largest absolute Gasteiger partial charge is 0.303 e. The molecule has 4 rings (SSSR count). The van der Waals surface area contributed by atoms with E-state index in [1.54, 1.807) is 6.20 Å². The van der Waals surface area contributed by atoms with Gasteiger partial charge in [-0.1, -0.05) is 53.0 Å². The number of aromatic nitrogens is 3. The predicted octanol–water partition coefficient (Wildman–Crippen LogP) is 5.82. The molecule has 0 aliphatic heterocycles. The molecule has 0 saturated carbocycles. The number of benzene rings is 2. The normalized spacial score (nSPS) is 11.2. The second kappa shape index (κ2) is 6.14. The van der Waals surface area contributed by atoms with Gasteiger partial charge in [0.25, 0.3) is 0 Å². The minimum Gasteiger partial charge on any atom is -0.303 e. The van der Waals surface area contributed by atoms with Crippen molar-refractivity contribution in [2.45, 2.75) is 6.92 Å². The van der Waals surface area contributed by atoms with Gasteiger partial charge in [0.05, 0.1) is 15.7 Å². The lowest BCUT2D eigenvalue weighted by atomic mass is 10.1. The molecular formula is C19H12Cl2FN3. The van der Waals surface area contributed by atoms with Crippen molar-refractivity contribution in [1.29, 1.82) is 0 Å². The zero-order chi connectivity index (χ0) is 17.6. The number of fused-ring (bicyclic) bond motifs is 1. The third-order valence-electron chi connectivity index (χ3n) is 3.98. The van der Waals surface area contributed by atoms with Gasteiger partial charge in [-0.2, -0.15) is 0 Å². The van der Waals surface area contributed by atoms with Crippen molar-refractivity contribution in [3.05, 3.63) is 76.4 Å². The van der Waals surface area contributed by atoms with Crippen LogP contribution in [0, 0.1) is 12.7 Å². The molecule has 0 atom stereocenters. The monoisotopic (exact) mass is 371 g/mol. The van der Waals surface area contributed by atoms with Crippen LogP contribution in [0.2, 0.25) is 10.0 Å². The Kier molecular flexibility index (Phi) is 3.94. The van der Waals surface area contributed by atoms with Crippen molar-refractivity contribution < 1.29 is 4.39 Å². The maximum atomic E-state index is 13.7. The molecule has 0 unspecified atom stereocenters. The van der Waals surface area contributed by atoms with Crippen LogP contribution in [-0.4, -0.2) is 14.4 Å². The molecule has 3 nitrogen and oxygen atoms in total. The molecule has 0 fully saturated rings. The summed E-state index contributed by atoms with van der Waals surface area (Å²) in [6.45, 7) is 2.04. The van der Waals surface area contributed by atoms with E-state index in [0.717, 1.165) is 11.3 Å². The van der Waals surface area contributed by atoms with Crippen molar-refractivity contribution in [3.8, 4) is 22.5 Å². The summed E-state index contributed by atoms with van der Waals surface area (Å²) >= 11 is 11.8. The molecule has 0 saturated heterocycles. The van der Waals surface area contributed by atoms with E-state index in [-0.39, 0.29) is 10.0 Å². The highest BCUT2D eigenvalue weighted by molar-refractivity contribution is 6.35. The summed E-state index contributed by atoms with van der Waals surface area (Å²) in [6, 6.07) is 11.1. The Morgan fingerprint density at radius 3 is 2.36 bits per heavy atom. The van der Waals surface area contributed by atoms with Gasteiger partial charge in [-0.25, -0.2) is 9.37 Å². The minimum absolute atomic E-state index is 0.0448. The summed E-state index contributed by atoms with van der Waals surface area (Å²) in [7, 11) is 0. The summed E-state index contributed by atoms with van der Waals surface area (Å²) in [6.07, 6.45) is 5.41. The van der Waals surface area contributed by atoms with Gasteiger partial charge in [-0.15, -0.1) is 0 Å². The maximum Gasteiger partial charge on any atom is 0.164 e. The van der Waals surface area contributed by atoms with Crippen molar-refractivity contribution in [2.24, 2.45) is 0 Å². The average Bonchev–Trinajstić information content (AvgIpc) is 3.04. The van der Waals surface area contributed by atoms with Gasteiger partial charge in [-0.05, 0) is 19.1 Å². The van der Waals surface area contributed by atoms with E-state index >= 15 is 0 Å². The van der Waals surface area contributed by atoms with Gasteiger partial charge in [0.1, 0.15) is 5.69 Å². The van der Waals surface area contributed by atoms with Gasteiger partial charge < -0.3 is 4.40 Å². The number of aryl methyl sites for hydroxylation is 1. The molecule has 4 aromatic rings. The molecular weight excluding hydrogens is 360 g/mol. The summed E-state index contributed by atoms with van der Waals surface area (Å²) in [5, 5.41) is -0.0896. The first-order valence-corrected chi connectivity index (χ1v) is 8.34. The lowest BCUT2D eigenvalue weighted by molar-refractivity contribution is 0.629. The number of nitrogens with zero attached hydrogens (tertiary/aromatic N) is 3. The van der Waals surface area contributed by atoms with Crippen molar-refractivity contribution in [1.82, 2.24) is 14.4 Å².